The van der Waals surface area contributed by atoms with Gasteiger partial charge in [0.05, 0.1) is 12.1 Å². The maximum absolute atomic E-state index is 10.8. The number of carboxylic acid groups (broad SMARTS) is 1. The number of hydrogen-bond acceptors (Lipinski definition) is 3. The first kappa shape index (κ1) is 11.6. The normalized spacial score (nSPS) is 11.0. The lowest BCUT2D eigenvalue weighted by atomic mass is 10.1. The summed E-state index contributed by atoms with van der Waals surface area (Å²) in [6, 6.07) is 10.5. The molecule has 0 aliphatic carbocycles. The maximum Gasteiger partial charge on any atom is 0.352 e. The number of fused-ring (bicyclic) bond motifs is 1. The summed E-state index contributed by atoms with van der Waals surface area (Å²) >= 11 is 0. The van der Waals surface area contributed by atoms with E-state index >= 15 is 0 Å². The number of hydrogen-bond donors (Lipinski definition) is 3. The van der Waals surface area contributed by atoms with Crippen LogP contribution in [0.1, 0.15) is 16.1 Å². The first-order chi connectivity index (χ1) is 9.17. The third-order valence-corrected chi connectivity index (χ3v) is 2.96. The van der Waals surface area contributed by atoms with Crippen LogP contribution in [-0.2, 0) is 6.61 Å². The van der Waals surface area contributed by atoms with Crippen LogP contribution in [0.25, 0.3) is 22.4 Å². The highest BCUT2D eigenvalue weighted by molar-refractivity contribution is 5.93. The van der Waals surface area contributed by atoms with Crippen LogP contribution in [0.15, 0.2) is 40.8 Å². The Morgan fingerprint density at radius 3 is 2.53 bits per heavy atom. The van der Waals surface area contributed by atoms with E-state index in [0.717, 1.165) is 11.1 Å². The van der Waals surface area contributed by atoms with E-state index in [-0.39, 0.29) is 12.3 Å². The average molecular weight is 257 g/mol. The highest BCUT2D eigenvalue weighted by Gasteiger charge is 2.12. The standard InChI is InChI=1S/C14H11NO4/c16-7-8-1-3-9(4-2-8)12-5-10-13(19-12)6-11(15-10)14(17)18/h1-6,15-16H,7H2,(H,17,18). The summed E-state index contributed by atoms with van der Waals surface area (Å²) in [7, 11) is 0. The number of furan rings is 1. The largest absolute Gasteiger partial charge is 0.477 e. The highest BCUT2D eigenvalue weighted by atomic mass is 16.4. The molecule has 0 spiro atoms. The maximum atomic E-state index is 10.8. The minimum atomic E-state index is -1.01. The van der Waals surface area contributed by atoms with E-state index in [9.17, 15) is 4.79 Å². The Bertz CT molecular complexity index is 705. The second-order valence-electron chi connectivity index (χ2n) is 4.23. The Balaban J connectivity index is 2.00. The zero-order valence-electron chi connectivity index (χ0n) is 9.88. The number of aromatic amines is 1. The fourth-order valence-electron chi connectivity index (χ4n) is 1.95. The predicted molar refractivity (Wildman–Crippen MR) is 68.9 cm³/mol. The molecule has 2 aromatic heterocycles. The Labute approximate surface area is 108 Å². The summed E-state index contributed by atoms with van der Waals surface area (Å²) in [6.07, 6.45) is 0. The van der Waals surface area contributed by atoms with Crippen LogP contribution in [0, 0.1) is 0 Å². The molecule has 5 nitrogen and oxygen atoms in total. The van der Waals surface area contributed by atoms with Crippen molar-refractivity contribution < 1.29 is 19.4 Å². The fraction of sp³-hybridized carbons (Fsp3) is 0.0714. The predicted octanol–water partition coefficient (Wildman–Crippen LogP) is 2.62. The molecule has 0 saturated carbocycles. The molecule has 0 aliphatic rings. The number of nitrogens with one attached hydrogen (secondary N) is 1. The number of benzene rings is 1. The SMILES string of the molecule is O=C(O)c1cc2oc(-c3ccc(CO)cc3)cc2[nH]1. The van der Waals surface area contributed by atoms with Gasteiger partial charge in [0.2, 0.25) is 0 Å². The molecule has 0 unspecified atom stereocenters. The lowest BCUT2D eigenvalue weighted by Crippen LogP contribution is -1.94. The van der Waals surface area contributed by atoms with E-state index in [2.05, 4.69) is 4.98 Å². The summed E-state index contributed by atoms with van der Waals surface area (Å²) in [5.41, 5.74) is 2.97. The molecule has 0 aliphatic heterocycles. The first-order valence-electron chi connectivity index (χ1n) is 5.73. The van der Waals surface area contributed by atoms with Gasteiger partial charge in [-0.25, -0.2) is 4.79 Å². The van der Waals surface area contributed by atoms with Gasteiger partial charge >= 0.3 is 5.97 Å². The molecule has 0 amide bonds. The van der Waals surface area contributed by atoms with Crippen LogP contribution in [0.5, 0.6) is 0 Å². The van der Waals surface area contributed by atoms with Crippen molar-refractivity contribution in [3.63, 3.8) is 0 Å². The van der Waals surface area contributed by atoms with Crippen LogP contribution < -0.4 is 0 Å². The number of aliphatic hydroxyl groups excluding tert-OH is 1. The van der Waals surface area contributed by atoms with Gasteiger partial charge in [-0.05, 0) is 5.56 Å². The quantitative estimate of drug-likeness (QED) is 0.673. The van der Waals surface area contributed by atoms with Crippen molar-refractivity contribution in [1.82, 2.24) is 4.98 Å². The number of rotatable bonds is 3. The second-order valence-corrected chi connectivity index (χ2v) is 4.23. The molecule has 0 atom stereocenters. The fourth-order valence-corrected chi connectivity index (χ4v) is 1.95. The number of H-pyrrole nitrogens is 1. The third kappa shape index (κ3) is 2.00. The molecular weight excluding hydrogens is 246 g/mol. The van der Waals surface area contributed by atoms with E-state index < -0.39 is 5.97 Å². The number of carbonyl (C=O) groups is 1. The summed E-state index contributed by atoms with van der Waals surface area (Å²) in [5, 5.41) is 17.8. The minimum absolute atomic E-state index is 0.00119. The molecule has 3 aromatic rings. The highest BCUT2D eigenvalue weighted by Crippen LogP contribution is 2.28. The summed E-state index contributed by atoms with van der Waals surface area (Å²) < 4.78 is 5.60. The zero-order valence-corrected chi connectivity index (χ0v) is 9.88. The van der Waals surface area contributed by atoms with Crippen molar-refractivity contribution in [2.24, 2.45) is 0 Å². The van der Waals surface area contributed by atoms with Crippen LogP contribution in [0.4, 0.5) is 0 Å². The Morgan fingerprint density at radius 2 is 1.95 bits per heavy atom. The molecule has 1 aromatic carbocycles. The van der Waals surface area contributed by atoms with Gasteiger partial charge in [-0.15, -0.1) is 0 Å². The van der Waals surface area contributed by atoms with Gasteiger partial charge in [0.1, 0.15) is 11.5 Å². The van der Waals surface area contributed by atoms with E-state index in [1.54, 1.807) is 6.07 Å². The van der Waals surface area contributed by atoms with E-state index in [1.807, 2.05) is 24.3 Å². The molecule has 5 heteroatoms. The average Bonchev–Trinajstić information content (AvgIpc) is 2.97. The van der Waals surface area contributed by atoms with Gasteiger partial charge in [0, 0.05) is 17.7 Å². The molecular formula is C14H11NO4. The lowest BCUT2D eigenvalue weighted by Gasteiger charge is -1.98. The number of aromatic nitrogens is 1. The molecule has 96 valence electrons. The van der Waals surface area contributed by atoms with Crippen molar-refractivity contribution in [3.05, 3.63) is 47.7 Å². The van der Waals surface area contributed by atoms with Gasteiger partial charge < -0.3 is 19.6 Å². The van der Waals surface area contributed by atoms with E-state index in [4.69, 9.17) is 14.6 Å². The molecule has 0 fully saturated rings. The second kappa shape index (κ2) is 4.29. The molecule has 0 radical (unpaired) electrons. The number of aliphatic hydroxyl groups is 1. The van der Waals surface area contributed by atoms with Gasteiger partial charge in [-0.1, -0.05) is 24.3 Å². The van der Waals surface area contributed by atoms with Crippen molar-refractivity contribution in [2.45, 2.75) is 6.61 Å². The van der Waals surface area contributed by atoms with Gasteiger partial charge in [0.15, 0.2) is 5.58 Å². The van der Waals surface area contributed by atoms with Crippen molar-refractivity contribution in [2.75, 3.05) is 0 Å². The smallest absolute Gasteiger partial charge is 0.352 e. The van der Waals surface area contributed by atoms with Crippen molar-refractivity contribution >= 4 is 17.1 Å². The lowest BCUT2D eigenvalue weighted by molar-refractivity contribution is 0.0691. The van der Waals surface area contributed by atoms with Crippen LogP contribution >= 0.6 is 0 Å². The molecule has 3 N–H and O–H groups in total. The molecule has 19 heavy (non-hydrogen) atoms. The number of aromatic carboxylic acids is 1. The molecule has 2 heterocycles. The monoisotopic (exact) mass is 257 g/mol. The summed E-state index contributed by atoms with van der Waals surface area (Å²) in [5.74, 6) is -0.358. The van der Waals surface area contributed by atoms with Crippen LogP contribution in [-0.4, -0.2) is 21.2 Å². The first-order valence-corrected chi connectivity index (χ1v) is 5.73. The van der Waals surface area contributed by atoms with Crippen LogP contribution in [0.3, 0.4) is 0 Å². The Morgan fingerprint density at radius 1 is 1.21 bits per heavy atom. The van der Waals surface area contributed by atoms with E-state index in [1.165, 1.54) is 6.07 Å². The number of carboxylic acids is 1. The van der Waals surface area contributed by atoms with Gasteiger partial charge in [0.25, 0.3) is 0 Å². The summed E-state index contributed by atoms with van der Waals surface area (Å²) in [6.45, 7) is 0.00119. The molecule has 0 bridgehead atoms. The van der Waals surface area contributed by atoms with Gasteiger partial charge in [-0.3, -0.25) is 0 Å². The van der Waals surface area contributed by atoms with E-state index in [0.29, 0.717) is 16.9 Å². The third-order valence-electron chi connectivity index (χ3n) is 2.96. The topological polar surface area (TPSA) is 86.5 Å². The summed E-state index contributed by atoms with van der Waals surface area (Å²) in [4.78, 5) is 13.6. The molecule has 3 rings (SSSR count). The van der Waals surface area contributed by atoms with Crippen molar-refractivity contribution in [1.29, 1.82) is 0 Å². The van der Waals surface area contributed by atoms with Gasteiger partial charge in [-0.2, -0.15) is 0 Å². The molecule has 0 saturated heterocycles. The Kier molecular flexibility index (Phi) is 2.61. The minimum Gasteiger partial charge on any atom is -0.477 e. The van der Waals surface area contributed by atoms with Crippen LogP contribution in [0.2, 0.25) is 0 Å². The van der Waals surface area contributed by atoms with Crippen molar-refractivity contribution in [3.8, 4) is 11.3 Å². The Hall–Kier alpha value is -2.53. The zero-order chi connectivity index (χ0) is 13.4.